The summed E-state index contributed by atoms with van der Waals surface area (Å²) in [5.41, 5.74) is 1.82. The molecule has 0 saturated heterocycles. The monoisotopic (exact) mass is 456 g/mol. The predicted octanol–water partition coefficient (Wildman–Crippen LogP) is 5.46. The fourth-order valence-corrected chi connectivity index (χ4v) is 3.67. The minimum absolute atomic E-state index is 0.220. The van der Waals surface area contributed by atoms with E-state index in [1.165, 1.54) is 12.1 Å². The maximum atomic E-state index is 13.1. The van der Waals surface area contributed by atoms with Gasteiger partial charge in [0.2, 0.25) is 5.91 Å². The van der Waals surface area contributed by atoms with Gasteiger partial charge < -0.3 is 10.1 Å². The summed E-state index contributed by atoms with van der Waals surface area (Å²) in [7, 11) is 3.16. The van der Waals surface area contributed by atoms with Crippen LogP contribution < -0.4 is 15.4 Å². The molecule has 4 nitrogen and oxygen atoms in total. The van der Waals surface area contributed by atoms with Gasteiger partial charge in [0.25, 0.3) is 0 Å². The molecule has 0 fully saturated rings. The van der Waals surface area contributed by atoms with E-state index in [-0.39, 0.29) is 11.9 Å². The van der Waals surface area contributed by atoms with Crippen molar-refractivity contribution in [1.29, 1.82) is 0 Å². The normalized spacial score (nSPS) is 13.2. The highest BCUT2D eigenvalue weighted by Crippen LogP contribution is 2.31. The average molecular weight is 457 g/mol. The van der Waals surface area contributed by atoms with Crippen molar-refractivity contribution in [3.8, 4) is 5.75 Å². The lowest BCUT2D eigenvalue weighted by Gasteiger charge is -2.26. The number of hydrogen-bond donors (Lipinski definition) is 2. The number of hydrogen-bond acceptors (Lipinski definition) is 3. The van der Waals surface area contributed by atoms with Crippen molar-refractivity contribution in [2.45, 2.75) is 31.1 Å². The Bertz CT molecular complexity index is 1020. The number of alkyl halides is 3. The fraction of sp³-hybridized carbons (Fsp3) is 0.269. The van der Waals surface area contributed by atoms with Crippen molar-refractivity contribution in [3.63, 3.8) is 0 Å². The predicted molar refractivity (Wildman–Crippen MR) is 122 cm³/mol. The molecule has 0 radical (unpaired) electrons. The van der Waals surface area contributed by atoms with Crippen LogP contribution in [0.1, 0.15) is 40.8 Å². The van der Waals surface area contributed by atoms with Gasteiger partial charge >= 0.3 is 6.18 Å². The van der Waals surface area contributed by atoms with Gasteiger partial charge in [-0.05, 0) is 53.8 Å². The van der Waals surface area contributed by atoms with Gasteiger partial charge in [0, 0.05) is 13.1 Å². The molecule has 33 heavy (non-hydrogen) atoms. The highest BCUT2D eigenvalue weighted by Gasteiger charge is 2.31. The standard InChI is InChI=1S/C26H27F3N2O2/c1-30-25(32)24(20-6-4-3-5-7-20)31-23(17-10-18-8-15-22(33-2)16-9-18)19-11-13-21(14-12-19)26(27,28)29/h3-9,11-16,23-24,31H,10,17H2,1-2H3,(H,30,32)/t23-,24?/m1/s1. The van der Waals surface area contributed by atoms with Crippen molar-refractivity contribution in [2.75, 3.05) is 14.2 Å². The van der Waals surface area contributed by atoms with Crippen LogP contribution in [0.2, 0.25) is 0 Å². The van der Waals surface area contributed by atoms with Gasteiger partial charge in [-0.15, -0.1) is 0 Å². The summed E-state index contributed by atoms with van der Waals surface area (Å²) >= 11 is 0. The zero-order valence-corrected chi connectivity index (χ0v) is 18.5. The molecule has 0 aromatic heterocycles. The molecule has 0 bridgehead atoms. The van der Waals surface area contributed by atoms with E-state index in [9.17, 15) is 18.0 Å². The van der Waals surface area contributed by atoms with E-state index in [1.807, 2.05) is 54.6 Å². The number of aryl methyl sites for hydroxylation is 1. The Hall–Kier alpha value is -3.32. The first-order valence-corrected chi connectivity index (χ1v) is 10.6. The zero-order chi connectivity index (χ0) is 23.8. The molecular weight excluding hydrogens is 429 g/mol. The number of carbonyl (C=O) groups excluding carboxylic acids is 1. The van der Waals surface area contributed by atoms with E-state index in [2.05, 4.69) is 10.6 Å². The Morgan fingerprint density at radius 3 is 2.09 bits per heavy atom. The first kappa shape index (κ1) is 24.3. The summed E-state index contributed by atoms with van der Waals surface area (Å²) in [6.45, 7) is 0. The molecular formula is C26H27F3N2O2. The summed E-state index contributed by atoms with van der Waals surface area (Å²) < 4.78 is 44.4. The van der Waals surface area contributed by atoms with Crippen LogP contribution in [0, 0.1) is 0 Å². The number of amides is 1. The first-order chi connectivity index (χ1) is 15.8. The van der Waals surface area contributed by atoms with Gasteiger partial charge in [0.1, 0.15) is 11.8 Å². The Morgan fingerprint density at radius 2 is 1.55 bits per heavy atom. The van der Waals surface area contributed by atoms with E-state index in [1.54, 1.807) is 14.2 Å². The third-order valence-electron chi connectivity index (χ3n) is 5.53. The Morgan fingerprint density at radius 1 is 0.909 bits per heavy atom. The zero-order valence-electron chi connectivity index (χ0n) is 18.5. The van der Waals surface area contributed by atoms with Crippen molar-refractivity contribution in [1.82, 2.24) is 10.6 Å². The Kier molecular flexibility index (Phi) is 8.11. The molecule has 2 atom stereocenters. The number of likely N-dealkylation sites (N-methyl/N-ethyl adjacent to an activating group) is 1. The Balaban J connectivity index is 1.88. The van der Waals surface area contributed by atoms with Crippen LogP contribution in [0.3, 0.4) is 0 Å². The summed E-state index contributed by atoms with van der Waals surface area (Å²) in [6, 6.07) is 21.0. The summed E-state index contributed by atoms with van der Waals surface area (Å²) in [5, 5.41) is 6.04. The molecule has 3 rings (SSSR count). The van der Waals surface area contributed by atoms with Gasteiger partial charge in [0.15, 0.2) is 0 Å². The molecule has 1 amide bonds. The molecule has 2 N–H and O–H groups in total. The maximum Gasteiger partial charge on any atom is 0.416 e. The molecule has 1 unspecified atom stereocenters. The average Bonchev–Trinajstić information content (AvgIpc) is 2.84. The molecule has 0 aliphatic heterocycles. The minimum atomic E-state index is -4.40. The van der Waals surface area contributed by atoms with Crippen LogP contribution >= 0.6 is 0 Å². The second-order valence-electron chi connectivity index (χ2n) is 7.68. The quantitative estimate of drug-likeness (QED) is 0.449. The lowest BCUT2D eigenvalue weighted by Crippen LogP contribution is -2.38. The number of nitrogens with one attached hydrogen (secondary N) is 2. The molecule has 0 heterocycles. The third-order valence-corrected chi connectivity index (χ3v) is 5.53. The largest absolute Gasteiger partial charge is 0.497 e. The highest BCUT2D eigenvalue weighted by atomic mass is 19.4. The van der Waals surface area contributed by atoms with Gasteiger partial charge in [-0.2, -0.15) is 13.2 Å². The van der Waals surface area contributed by atoms with Crippen LogP contribution in [0.5, 0.6) is 5.75 Å². The second-order valence-corrected chi connectivity index (χ2v) is 7.68. The van der Waals surface area contributed by atoms with Gasteiger partial charge in [-0.1, -0.05) is 54.6 Å². The number of methoxy groups -OCH3 is 1. The number of rotatable bonds is 9. The van der Waals surface area contributed by atoms with Crippen LogP contribution in [-0.4, -0.2) is 20.1 Å². The maximum absolute atomic E-state index is 13.1. The van der Waals surface area contributed by atoms with Crippen LogP contribution in [0.4, 0.5) is 13.2 Å². The van der Waals surface area contributed by atoms with Gasteiger partial charge in [0.05, 0.1) is 12.7 Å². The van der Waals surface area contributed by atoms with E-state index in [4.69, 9.17) is 4.74 Å². The van der Waals surface area contributed by atoms with E-state index in [0.717, 1.165) is 29.0 Å². The minimum Gasteiger partial charge on any atom is -0.497 e. The Labute approximate surface area is 191 Å². The van der Waals surface area contributed by atoms with Crippen molar-refractivity contribution < 1.29 is 22.7 Å². The van der Waals surface area contributed by atoms with E-state index in [0.29, 0.717) is 18.4 Å². The lowest BCUT2D eigenvalue weighted by molar-refractivity contribution is -0.137. The van der Waals surface area contributed by atoms with Crippen LogP contribution in [0.25, 0.3) is 0 Å². The lowest BCUT2D eigenvalue weighted by atomic mass is 9.95. The highest BCUT2D eigenvalue weighted by molar-refractivity contribution is 5.83. The van der Waals surface area contributed by atoms with Crippen molar-refractivity contribution in [3.05, 3.63) is 101 Å². The molecule has 3 aromatic rings. The summed E-state index contributed by atoms with van der Waals surface area (Å²) in [6.07, 6.45) is -3.16. The third kappa shape index (κ3) is 6.58. The van der Waals surface area contributed by atoms with Crippen molar-refractivity contribution >= 4 is 5.91 Å². The first-order valence-electron chi connectivity index (χ1n) is 10.6. The summed E-state index contributed by atoms with van der Waals surface area (Å²) in [5.74, 6) is 0.530. The SMILES string of the molecule is CNC(=O)C(N[C@H](CCc1ccc(OC)cc1)c1ccc(C(F)(F)F)cc1)c1ccccc1. The van der Waals surface area contributed by atoms with Gasteiger partial charge in [-0.3, -0.25) is 10.1 Å². The van der Waals surface area contributed by atoms with E-state index >= 15 is 0 Å². The number of halogens is 3. The molecule has 0 aliphatic carbocycles. The molecule has 0 aliphatic rings. The van der Waals surface area contributed by atoms with Crippen LogP contribution in [-0.2, 0) is 17.4 Å². The molecule has 0 spiro atoms. The number of benzene rings is 3. The topological polar surface area (TPSA) is 50.4 Å². The molecule has 0 saturated carbocycles. The van der Waals surface area contributed by atoms with Gasteiger partial charge in [-0.25, -0.2) is 0 Å². The van der Waals surface area contributed by atoms with Crippen molar-refractivity contribution in [2.24, 2.45) is 0 Å². The second kappa shape index (κ2) is 11.0. The molecule has 174 valence electrons. The number of carbonyl (C=O) groups is 1. The fourth-order valence-electron chi connectivity index (χ4n) is 3.67. The summed E-state index contributed by atoms with van der Waals surface area (Å²) in [4.78, 5) is 12.7. The van der Waals surface area contributed by atoms with Crippen LogP contribution in [0.15, 0.2) is 78.9 Å². The smallest absolute Gasteiger partial charge is 0.416 e. The molecule has 7 heteroatoms. The van der Waals surface area contributed by atoms with E-state index < -0.39 is 17.8 Å². The number of ether oxygens (including phenoxy) is 1. The molecule has 3 aromatic carbocycles.